The summed E-state index contributed by atoms with van der Waals surface area (Å²) in [6, 6.07) is 0.441. The number of amides is 2. The van der Waals surface area contributed by atoms with Crippen LogP contribution < -0.4 is 0 Å². The van der Waals surface area contributed by atoms with Gasteiger partial charge in [-0.15, -0.1) is 11.3 Å². The Morgan fingerprint density at radius 3 is 2.41 bits per heavy atom. The molecule has 2 aliphatic carbocycles. The summed E-state index contributed by atoms with van der Waals surface area (Å²) in [5, 5.41) is 3.08. The molecular weight excluding hydrogens is 382 g/mol. The van der Waals surface area contributed by atoms with E-state index in [2.05, 4.69) is 9.80 Å². The van der Waals surface area contributed by atoms with Crippen LogP contribution in [-0.4, -0.2) is 52.3 Å². The standard InChI is InChI=1S/C23H33N3O2S/c27-22(18-6-3-7-18)25-13-10-17(11-14-25)21-24-19(15-29-21)23(28)26-12-4-8-16-5-1-2-9-20(16)26/h15-18,20H,1-14H2/t16?,20-/m0/s1. The van der Waals surface area contributed by atoms with Gasteiger partial charge in [-0.05, 0) is 57.3 Å². The zero-order valence-corrected chi connectivity index (χ0v) is 18.2. The number of carbonyl (C=O) groups is 2. The topological polar surface area (TPSA) is 53.5 Å². The van der Waals surface area contributed by atoms with Gasteiger partial charge in [0.05, 0.1) is 5.01 Å². The zero-order chi connectivity index (χ0) is 19.8. The summed E-state index contributed by atoms with van der Waals surface area (Å²) in [4.78, 5) is 34.7. The Morgan fingerprint density at radius 1 is 0.897 bits per heavy atom. The maximum Gasteiger partial charge on any atom is 0.273 e. The van der Waals surface area contributed by atoms with Crippen LogP contribution in [0.4, 0.5) is 0 Å². The third kappa shape index (κ3) is 3.85. The van der Waals surface area contributed by atoms with Gasteiger partial charge < -0.3 is 9.80 Å². The molecule has 0 radical (unpaired) electrons. The minimum atomic E-state index is 0.154. The van der Waals surface area contributed by atoms with Crippen LogP contribution in [0.1, 0.15) is 92.0 Å². The smallest absolute Gasteiger partial charge is 0.273 e. The summed E-state index contributed by atoms with van der Waals surface area (Å²) in [6.07, 6.45) is 12.8. The second kappa shape index (κ2) is 8.37. The summed E-state index contributed by atoms with van der Waals surface area (Å²) >= 11 is 1.65. The van der Waals surface area contributed by atoms with Gasteiger partial charge in [-0.1, -0.05) is 19.3 Å². The molecule has 0 aromatic carbocycles. The second-order valence-corrected chi connectivity index (χ2v) is 10.4. The largest absolute Gasteiger partial charge is 0.342 e. The first-order valence-corrected chi connectivity index (χ1v) is 12.6. The maximum absolute atomic E-state index is 13.2. The van der Waals surface area contributed by atoms with E-state index in [0.29, 0.717) is 35.4 Å². The Balaban J connectivity index is 1.20. The molecule has 29 heavy (non-hydrogen) atoms. The summed E-state index contributed by atoms with van der Waals surface area (Å²) in [5.41, 5.74) is 0.657. The van der Waals surface area contributed by atoms with E-state index < -0.39 is 0 Å². The minimum absolute atomic E-state index is 0.154. The predicted molar refractivity (Wildman–Crippen MR) is 114 cm³/mol. The van der Waals surface area contributed by atoms with Gasteiger partial charge in [-0.3, -0.25) is 9.59 Å². The molecule has 5 rings (SSSR count). The molecule has 1 unspecified atom stereocenters. The molecule has 2 amide bonds. The van der Waals surface area contributed by atoms with E-state index in [0.717, 1.165) is 56.7 Å². The van der Waals surface area contributed by atoms with Crippen LogP contribution in [0.3, 0.4) is 0 Å². The number of aromatic nitrogens is 1. The van der Waals surface area contributed by atoms with Crippen molar-refractivity contribution in [3.8, 4) is 0 Å². The quantitative estimate of drug-likeness (QED) is 0.733. The molecule has 158 valence electrons. The van der Waals surface area contributed by atoms with Gasteiger partial charge in [0, 0.05) is 42.9 Å². The minimum Gasteiger partial charge on any atom is -0.342 e. The Bertz CT molecular complexity index is 749. The molecule has 3 heterocycles. The number of fused-ring (bicyclic) bond motifs is 1. The van der Waals surface area contributed by atoms with Gasteiger partial charge in [-0.25, -0.2) is 4.98 Å². The summed E-state index contributed by atoms with van der Waals surface area (Å²) < 4.78 is 0. The molecule has 6 heteroatoms. The number of thiazole rings is 1. The maximum atomic E-state index is 13.2. The van der Waals surface area contributed by atoms with Crippen molar-refractivity contribution in [2.75, 3.05) is 19.6 Å². The molecule has 0 bridgehead atoms. The third-order valence-corrected chi connectivity index (χ3v) is 8.86. The highest BCUT2D eigenvalue weighted by atomic mass is 32.1. The molecule has 5 nitrogen and oxygen atoms in total. The van der Waals surface area contributed by atoms with Crippen molar-refractivity contribution >= 4 is 23.2 Å². The highest BCUT2D eigenvalue weighted by Gasteiger charge is 2.37. The SMILES string of the molecule is O=C(C1CCC1)N1CCC(c2nc(C(=O)N3CCCC4CCCC[C@@H]43)cs2)CC1. The van der Waals surface area contributed by atoms with Crippen molar-refractivity contribution in [2.24, 2.45) is 11.8 Å². The number of rotatable bonds is 3. The molecule has 1 aromatic rings. The normalized spacial score (nSPS) is 28.7. The summed E-state index contributed by atoms with van der Waals surface area (Å²) in [7, 11) is 0. The Morgan fingerprint density at radius 2 is 1.66 bits per heavy atom. The first-order chi connectivity index (χ1) is 14.2. The summed E-state index contributed by atoms with van der Waals surface area (Å²) in [6.45, 7) is 2.59. The number of nitrogens with zero attached hydrogens (tertiary/aromatic N) is 3. The van der Waals surface area contributed by atoms with Crippen molar-refractivity contribution < 1.29 is 9.59 Å². The summed E-state index contributed by atoms with van der Waals surface area (Å²) in [5.74, 6) is 1.93. The predicted octanol–water partition coefficient (Wildman–Crippen LogP) is 4.44. The number of carbonyl (C=O) groups excluding carboxylic acids is 2. The fraction of sp³-hybridized carbons (Fsp3) is 0.783. The van der Waals surface area contributed by atoms with E-state index >= 15 is 0 Å². The van der Waals surface area contributed by atoms with E-state index in [1.807, 2.05) is 5.38 Å². The fourth-order valence-corrected chi connectivity index (χ4v) is 6.82. The van der Waals surface area contributed by atoms with Crippen LogP contribution in [0, 0.1) is 11.8 Å². The molecule has 2 saturated heterocycles. The highest BCUT2D eigenvalue weighted by molar-refractivity contribution is 7.09. The van der Waals surface area contributed by atoms with Crippen molar-refractivity contribution in [3.63, 3.8) is 0 Å². The van der Waals surface area contributed by atoms with Crippen LogP contribution in [0.15, 0.2) is 5.38 Å². The van der Waals surface area contributed by atoms with E-state index in [9.17, 15) is 9.59 Å². The molecule has 0 N–H and O–H groups in total. The number of likely N-dealkylation sites (tertiary alicyclic amines) is 2. The van der Waals surface area contributed by atoms with E-state index in [1.54, 1.807) is 11.3 Å². The van der Waals surface area contributed by atoms with Gasteiger partial charge in [0.2, 0.25) is 5.91 Å². The lowest BCUT2D eigenvalue weighted by atomic mass is 9.78. The van der Waals surface area contributed by atoms with Gasteiger partial charge in [-0.2, -0.15) is 0 Å². The molecule has 4 aliphatic rings. The average molecular weight is 416 g/mol. The van der Waals surface area contributed by atoms with Crippen molar-refractivity contribution in [1.29, 1.82) is 0 Å². The van der Waals surface area contributed by atoms with Crippen LogP contribution in [0.25, 0.3) is 0 Å². The van der Waals surface area contributed by atoms with Gasteiger partial charge in [0.15, 0.2) is 0 Å². The molecule has 2 aliphatic heterocycles. The van der Waals surface area contributed by atoms with Crippen LogP contribution in [0.2, 0.25) is 0 Å². The number of piperidine rings is 2. The number of hydrogen-bond donors (Lipinski definition) is 0. The average Bonchev–Trinajstić information content (AvgIpc) is 3.22. The Hall–Kier alpha value is -1.43. The fourth-order valence-electron chi connectivity index (χ4n) is 5.86. The first kappa shape index (κ1) is 19.5. The second-order valence-electron chi connectivity index (χ2n) is 9.55. The monoisotopic (exact) mass is 415 g/mol. The molecule has 1 aromatic heterocycles. The van der Waals surface area contributed by atoms with Crippen LogP contribution in [0.5, 0.6) is 0 Å². The van der Waals surface area contributed by atoms with Gasteiger partial charge >= 0.3 is 0 Å². The third-order valence-electron chi connectivity index (χ3n) is 7.86. The van der Waals surface area contributed by atoms with Crippen molar-refractivity contribution in [2.45, 2.75) is 82.6 Å². The lowest BCUT2D eigenvalue weighted by Crippen LogP contribution is -2.49. The Labute approximate surface area is 177 Å². The molecule has 2 atom stereocenters. The molecular formula is C23H33N3O2S. The number of hydrogen-bond acceptors (Lipinski definition) is 4. The van der Waals surface area contributed by atoms with E-state index in [1.165, 1.54) is 38.5 Å². The van der Waals surface area contributed by atoms with Crippen LogP contribution >= 0.6 is 11.3 Å². The first-order valence-electron chi connectivity index (χ1n) is 11.8. The highest BCUT2D eigenvalue weighted by Crippen LogP contribution is 2.37. The zero-order valence-electron chi connectivity index (χ0n) is 17.4. The van der Waals surface area contributed by atoms with Crippen molar-refractivity contribution in [3.05, 3.63) is 16.1 Å². The van der Waals surface area contributed by atoms with E-state index in [-0.39, 0.29) is 5.91 Å². The van der Waals surface area contributed by atoms with E-state index in [4.69, 9.17) is 4.98 Å². The lowest BCUT2D eigenvalue weighted by molar-refractivity contribution is -0.139. The molecule has 2 saturated carbocycles. The lowest BCUT2D eigenvalue weighted by Gasteiger charge is -2.43. The van der Waals surface area contributed by atoms with Gasteiger partial charge in [0.1, 0.15) is 5.69 Å². The van der Waals surface area contributed by atoms with Crippen molar-refractivity contribution in [1.82, 2.24) is 14.8 Å². The van der Waals surface area contributed by atoms with Crippen LogP contribution in [-0.2, 0) is 4.79 Å². The molecule has 0 spiro atoms. The Kier molecular flexibility index (Phi) is 5.63. The molecule has 4 fully saturated rings. The van der Waals surface area contributed by atoms with Gasteiger partial charge in [0.25, 0.3) is 5.91 Å².